The minimum atomic E-state index is -1.13. The number of aliphatic imine (C=N–C) groups is 1. The Hall–Kier alpha value is -4.98. The molecule has 3 heterocycles. The predicted molar refractivity (Wildman–Crippen MR) is 138 cm³/mol. The van der Waals surface area contributed by atoms with Crippen LogP contribution in [-0.2, 0) is 11.3 Å². The number of imidazole rings is 1. The van der Waals surface area contributed by atoms with Crippen LogP contribution in [0.1, 0.15) is 27.3 Å². The third kappa shape index (κ3) is 3.94. The molecule has 2 amide bonds. The number of aromatic amines is 2. The second kappa shape index (κ2) is 8.99. The van der Waals surface area contributed by atoms with Crippen molar-refractivity contribution in [2.45, 2.75) is 12.7 Å². The lowest BCUT2D eigenvalue weighted by molar-refractivity contribution is -0.120. The number of rotatable bonds is 5. The van der Waals surface area contributed by atoms with E-state index >= 15 is 0 Å². The van der Waals surface area contributed by atoms with Gasteiger partial charge in [-0.15, -0.1) is 0 Å². The highest BCUT2D eigenvalue weighted by Gasteiger charge is 2.33. The quantitative estimate of drug-likeness (QED) is 0.358. The van der Waals surface area contributed by atoms with Crippen LogP contribution in [0.25, 0.3) is 10.9 Å². The van der Waals surface area contributed by atoms with E-state index in [-0.39, 0.29) is 12.5 Å². The molecule has 1 unspecified atom stereocenters. The first-order chi connectivity index (χ1) is 17.7. The molecule has 0 bridgehead atoms. The van der Waals surface area contributed by atoms with Gasteiger partial charge in [0.1, 0.15) is 5.69 Å². The first kappa shape index (κ1) is 21.5. The lowest BCUT2D eigenvalue weighted by Crippen LogP contribution is -2.47. The highest BCUT2D eigenvalue weighted by molar-refractivity contribution is 6.20. The number of hydrogen-bond acceptors (Lipinski definition) is 4. The van der Waals surface area contributed by atoms with Gasteiger partial charge in [-0.05, 0) is 18.2 Å². The molecule has 8 heteroatoms. The molecular formula is C28H22N6O2. The highest BCUT2D eigenvalue weighted by Crippen LogP contribution is 2.29. The topological polar surface area (TPSA) is 106 Å². The number of benzene rings is 3. The van der Waals surface area contributed by atoms with Crippen LogP contribution in [0, 0.1) is 0 Å². The third-order valence-corrected chi connectivity index (χ3v) is 6.18. The summed E-state index contributed by atoms with van der Waals surface area (Å²) in [7, 11) is 0. The van der Waals surface area contributed by atoms with Crippen LogP contribution in [0.3, 0.4) is 0 Å². The van der Waals surface area contributed by atoms with Gasteiger partial charge in [0.15, 0.2) is 0 Å². The predicted octanol–water partition coefficient (Wildman–Crippen LogP) is 4.03. The van der Waals surface area contributed by atoms with Gasteiger partial charge in [0.05, 0.1) is 30.0 Å². The molecule has 0 spiro atoms. The minimum absolute atomic E-state index is 0.256. The summed E-state index contributed by atoms with van der Waals surface area (Å²) in [6.45, 7) is 0.256. The Bertz CT molecular complexity index is 1550. The van der Waals surface area contributed by atoms with Gasteiger partial charge in [-0.1, -0.05) is 66.7 Å². The van der Waals surface area contributed by atoms with Gasteiger partial charge in [0.25, 0.3) is 11.8 Å². The molecule has 0 aliphatic carbocycles. The van der Waals surface area contributed by atoms with Gasteiger partial charge in [0, 0.05) is 28.2 Å². The summed E-state index contributed by atoms with van der Waals surface area (Å²) in [5.74, 6) is -0.749. The van der Waals surface area contributed by atoms with E-state index in [1.807, 2.05) is 78.9 Å². The zero-order chi connectivity index (χ0) is 24.5. The second-order valence-corrected chi connectivity index (χ2v) is 8.51. The van der Waals surface area contributed by atoms with Crippen molar-refractivity contribution in [3.63, 3.8) is 0 Å². The summed E-state index contributed by atoms with van der Waals surface area (Å²) in [5, 5.41) is 3.77. The van der Waals surface area contributed by atoms with Crippen molar-refractivity contribution < 1.29 is 9.59 Å². The van der Waals surface area contributed by atoms with Gasteiger partial charge >= 0.3 is 0 Å². The van der Waals surface area contributed by atoms with E-state index in [2.05, 4.69) is 20.3 Å². The molecule has 1 atom stereocenters. The van der Waals surface area contributed by atoms with Crippen LogP contribution >= 0.6 is 0 Å². The average molecular weight is 475 g/mol. The molecule has 6 rings (SSSR count). The molecule has 176 valence electrons. The van der Waals surface area contributed by atoms with Crippen molar-refractivity contribution in [2.75, 3.05) is 4.90 Å². The molecule has 8 nitrogen and oxygen atoms in total. The van der Waals surface area contributed by atoms with Gasteiger partial charge in [-0.2, -0.15) is 0 Å². The molecule has 0 fully saturated rings. The smallest absolute Gasteiger partial charge is 0.272 e. The second-order valence-electron chi connectivity index (χ2n) is 8.51. The average Bonchev–Trinajstić information content (AvgIpc) is 3.58. The molecule has 0 saturated carbocycles. The van der Waals surface area contributed by atoms with E-state index in [1.165, 1.54) is 0 Å². The molecular weight excluding hydrogens is 452 g/mol. The number of para-hydroxylation sites is 2. The molecule has 36 heavy (non-hydrogen) atoms. The van der Waals surface area contributed by atoms with Gasteiger partial charge in [0.2, 0.25) is 6.17 Å². The number of carbonyl (C=O) groups is 2. The number of benzodiazepines with no additional fused rings is 1. The summed E-state index contributed by atoms with van der Waals surface area (Å²) in [5.41, 5.74) is 4.97. The van der Waals surface area contributed by atoms with Crippen LogP contribution in [0.2, 0.25) is 0 Å². The fourth-order valence-electron chi connectivity index (χ4n) is 4.45. The summed E-state index contributed by atoms with van der Waals surface area (Å²) < 4.78 is 0. The maximum Gasteiger partial charge on any atom is 0.272 e. The Kier molecular flexibility index (Phi) is 5.38. The van der Waals surface area contributed by atoms with Crippen molar-refractivity contribution in [1.82, 2.24) is 20.3 Å². The van der Waals surface area contributed by atoms with Gasteiger partial charge in [-0.3, -0.25) is 9.59 Å². The lowest BCUT2D eigenvalue weighted by Gasteiger charge is -2.25. The number of H-pyrrole nitrogens is 2. The maximum atomic E-state index is 13.9. The van der Waals surface area contributed by atoms with E-state index in [0.29, 0.717) is 17.1 Å². The van der Waals surface area contributed by atoms with Crippen molar-refractivity contribution in [2.24, 2.45) is 4.99 Å². The normalized spacial score (nSPS) is 15.3. The fourth-order valence-corrected chi connectivity index (χ4v) is 4.45. The Morgan fingerprint density at radius 3 is 2.56 bits per heavy atom. The van der Waals surface area contributed by atoms with Crippen molar-refractivity contribution in [1.29, 1.82) is 0 Å². The Labute approximate surface area is 206 Å². The summed E-state index contributed by atoms with van der Waals surface area (Å²) in [6.07, 6.45) is 2.12. The number of nitrogens with one attached hydrogen (secondary N) is 3. The van der Waals surface area contributed by atoms with Crippen LogP contribution in [0.4, 0.5) is 5.69 Å². The number of nitrogens with zero attached hydrogens (tertiary/aromatic N) is 3. The molecule has 3 aromatic carbocycles. The minimum Gasteiger partial charge on any atom is -0.351 e. The number of aromatic nitrogens is 3. The Morgan fingerprint density at radius 1 is 0.972 bits per heavy atom. The van der Waals surface area contributed by atoms with Gasteiger partial charge in [-0.25, -0.2) is 9.98 Å². The van der Waals surface area contributed by atoms with E-state index in [9.17, 15) is 9.59 Å². The lowest BCUT2D eigenvalue weighted by atomic mass is 10.0. The fraction of sp³-hybridized carbons (Fsp3) is 0.0714. The van der Waals surface area contributed by atoms with E-state index in [1.54, 1.807) is 23.5 Å². The molecule has 5 aromatic rings. The zero-order valence-electron chi connectivity index (χ0n) is 19.2. The molecule has 1 aliphatic rings. The number of hydrogen-bond donors (Lipinski definition) is 3. The van der Waals surface area contributed by atoms with Crippen molar-refractivity contribution >= 4 is 34.1 Å². The number of anilines is 1. The number of carbonyl (C=O) groups excluding carboxylic acids is 2. The van der Waals surface area contributed by atoms with E-state index < -0.39 is 12.1 Å². The summed E-state index contributed by atoms with van der Waals surface area (Å²) in [6, 6.07) is 26.7. The monoisotopic (exact) mass is 474 g/mol. The third-order valence-electron chi connectivity index (χ3n) is 6.18. The van der Waals surface area contributed by atoms with Crippen LogP contribution < -0.4 is 10.2 Å². The zero-order valence-corrected chi connectivity index (χ0v) is 19.2. The molecule has 3 N–H and O–H groups in total. The highest BCUT2D eigenvalue weighted by atomic mass is 16.2. The maximum absolute atomic E-state index is 13.9. The van der Waals surface area contributed by atoms with Crippen LogP contribution in [0.5, 0.6) is 0 Å². The summed E-state index contributed by atoms with van der Waals surface area (Å²) >= 11 is 0. The standard InChI is InChI=1S/C28H22N6O2/c35-27(23-14-19-10-4-6-12-22(19)31-23)33-26-28(36)34(16-20-15-29-17-30-20)24-13-7-5-11-21(24)25(32-26)18-8-2-1-3-9-18/h1-15,17,26,31H,16H2,(H,29,30)(H,33,35). The first-order valence-electron chi connectivity index (χ1n) is 11.6. The van der Waals surface area contributed by atoms with Crippen LogP contribution in [-0.4, -0.2) is 38.6 Å². The van der Waals surface area contributed by atoms with Crippen molar-refractivity contribution in [3.05, 3.63) is 120 Å². The first-order valence-corrected chi connectivity index (χ1v) is 11.6. The van der Waals surface area contributed by atoms with Gasteiger partial charge < -0.3 is 20.2 Å². The molecule has 1 aliphatic heterocycles. The van der Waals surface area contributed by atoms with E-state index in [4.69, 9.17) is 4.99 Å². The molecule has 2 aromatic heterocycles. The van der Waals surface area contributed by atoms with Crippen LogP contribution in [0.15, 0.2) is 102 Å². The molecule has 0 radical (unpaired) electrons. The Balaban J connectivity index is 1.44. The Morgan fingerprint density at radius 2 is 1.75 bits per heavy atom. The number of fused-ring (bicyclic) bond motifs is 2. The van der Waals surface area contributed by atoms with E-state index in [0.717, 1.165) is 27.7 Å². The SMILES string of the molecule is O=C(NC1N=C(c2ccccc2)c2ccccc2N(Cc2cnc[nH]2)C1=O)c1cc2ccccc2[nH]1. The summed E-state index contributed by atoms with van der Waals surface area (Å²) in [4.78, 5) is 43.9. The molecule has 0 saturated heterocycles. The van der Waals surface area contributed by atoms with Crippen molar-refractivity contribution in [3.8, 4) is 0 Å². The number of amides is 2. The largest absolute Gasteiger partial charge is 0.351 e.